The Morgan fingerprint density at radius 3 is 2.03 bits per heavy atom. The van der Waals surface area contributed by atoms with Crippen molar-refractivity contribution < 1.29 is 19.1 Å². The van der Waals surface area contributed by atoms with Gasteiger partial charge in [-0.3, -0.25) is 19.2 Å². The average Bonchev–Trinajstić information content (AvgIpc) is 2.80. The van der Waals surface area contributed by atoms with E-state index < -0.39 is 5.97 Å². The lowest BCUT2D eigenvalue weighted by molar-refractivity contribution is -0.153. The lowest BCUT2D eigenvalue weighted by Gasteiger charge is -2.30. The molecule has 160 valence electrons. The summed E-state index contributed by atoms with van der Waals surface area (Å²) in [7, 11) is 0. The fraction of sp³-hybridized carbons (Fsp3) is 0.304. The highest BCUT2D eigenvalue weighted by molar-refractivity contribution is 5.94. The number of amides is 2. The molecule has 1 aliphatic rings. The van der Waals surface area contributed by atoms with Crippen molar-refractivity contribution in [1.29, 1.82) is 0 Å². The summed E-state index contributed by atoms with van der Waals surface area (Å²) in [6, 6.07) is 14.2. The Labute approximate surface area is 178 Å². The number of likely N-dealkylation sites (tertiary alicyclic amines) is 1. The fourth-order valence-corrected chi connectivity index (χ4v) is 4.07. The summed E-state index contributed by atoms with van der Waals surface area (Å²) < 4.78 is 6.98. The van der Waals surface area contributed by atoms with Crippen molar-refractivity contribution in [3.8, 4) is 0 Å². The number of rotatable bonds is 5. The molecular formula is C23H23N3O5. The molecule has 2 N–H and O–H groups in total. The number of benzene rings is 2. The van der Waals surface area contributed by atoms with Crippen LogP contribution in [0.5, 0.6) is 0 Å². The number of hydrogen-bond donors (Lipinski definition) is 1. The van der Waals surface area contributed by atoms with Gasteiger partial charge in [0, 0.05) is 29.8 Å². The highest BCUT2D eigenvalue weighted by Crippen LogP contribution is 2.19. The van der Waals surface area contributed by atoms with Crippen LogP contribution in [0.1, 0.15) is 12.8 Å². The molecule has 0 bridgehead atoms. The molecule has 0 saturated carbocycles. The van der Waals surface area contributed by atoms with E-state index in [2.05, 4.69) is 0 Å². The maximum Gasteiger partial charge on any atom is 0.326 e. The topological polar surface area (TPSA) is 112 Å². The van der Waals surface area contributed by atoms with E-state index in [0.717, 1.165) is 0 Å². The third kappa shape index (κ3) is 4.14. The van der Waals surface area contributed by atoms with Crippen LogP contribution in [-0.2, 0) is 25.7 Å². The molecule has 31 heavy (non-hydrogen) atoms. The Balaban J connectivity index is 1.48. The predicted molar refractivity (Wildman–Crippen MR) is 115 cm³/mol. The van der Waals surface area contributed by atoms with Crippen molar-refractivity contribution in [3.63, 3.8) is 0 Å². The Kier molecular flexibility index (Phi) is 5.70. The standard InChI is InChI=1S/C23H23N3O5/c24-23(30)15-9-11-25(12-10-15)20(27)14-31-21(28)13-26-18-7-3-1-5-16(18)22(29)17-6-2-4-8-19(17)26/h1-8,15H,9-14H2,(H2,24,30). The normalized spacial score (nSPS) is 14.6. The lowest BCUT2D eigenvalue weighted by atomic mass is 9.96. The van der Waals surface area contributed by atoms with Crippen LogP contribution in [0.4, 0.5) is 0 Å². The first-order valence-electron chi connectivity index (χ1n) is 10.2. The number of ether oxygens (including phenoxy) is 1. The number of nitrogens with zero attached hydrogens (tertiary/aromatic N) is 2. The summed E-state index contributed by atoms with van der Waals surface area (Å²) >= 11 is 0. The fourth-order valence-electron chi connectivity index (χ4n) is 4.07. The van der Waals surface area contributed by atoms with Crippen LogP contribution < -0.4 is 11.2 Å². The van der Waals surface area contributed by atoms with E-state index in [4.69, 9.17) is 10.5 Å². The van der Waals surface area contributed by atoms with E-state index in [1.807, 2.05) is 0 Å². The second-order valence-corrected chi connectivity index (χ2v) is 7.67. The predicted octanol–water partition coefficient (Wildman–Crippen LogP) is 1.42. The van der Waals surface area contributed by atoms with E-state index in [1.54, 1.807) is 58.0 Å². The van der Waals surface area contributed by atoms with Crippen molar-refractivity contribution in [2.75, 3.05) is 19.7 Å². The van der Waals surface area contributed by atoms with Gasteiger partial charge in [0.05, 0.1) is 11.0 Å². The molecule has 1 fully saturated rings. The number of para-hydroxylation sites is 2. The minimum atomic E-state index is -0.570. The molecular weight excluding hydrogens is 398 g/mol. The number of aromatic nitrogens is 1. The number of carbonyl (C=O) groups excluding carboxylic acids is 3. The van der Waals surface area contributed by atoms with Crippen LogP contribution in [0, 0.1) is 5.92 Å². The Morgan fingerprint density at radius 1 is 0.935 bits per heavy atom. The van der Waals surface area contributed by atoms with Crippen molar-refractivity contribution in [2.24, 2.45) is 11.7 Å². The molecule has 8 nitrogen and oxygen atoms in total. The highest BCUT2D eigenvalue weighted by Gasteiger charge is 2.26. The number of hydrogen-bond acceptors (Lipinski definition) is 5. The smallest absolute Gasteiger partial charge is 0.326 e. The first-order valence-corrected chi connectivity index (χ1v) is 10.2. The van der Waals surface area contributed by atoms with E-state index >= 15 is 0 Å². The van der Waals surface area contributed by atoms with Gasteiger partial charge in [-0.05, 0) is 37.1 Å². The van der Waals surface area contributed by atoms with Crippen LogP contribution in [-0.4, -0.2) is 46.9 Å². The minimum Gasteiger partial charge on any atom is -0.454 e. The summed E-state index contributed by atoms with van der Waals surface area (Å²) in [6.45, 7) is 0.340. The van der Waals surface area contributed by atoms with Gasteiger partial charge in [-0.15, -0.1) is 0 Å². The van der Waals surface area contributed by atoms with Gasteiger partial charge in [0.25, 0.3) is 5.91 Å². The molecule has 1 saturated heterocycles. The van der Waals surface area contributed by atoms with Crippen LogP contribution in [0.2, 0.25) is 0 Å². The van der Waals surface area contributed by atoms with E-state index in [1.165, 1.54) is 0 Å². The summed E-state index contributed by atoms with van der Waals surface area (Å²) in [5, 5.41) is 1.03. The largest absolute Gasteiger partial charge is 0.454 e. The first-order chi connectivity index (χ1) is 15.0. The average molecular weight is 421 g/mol. The molecule has 8 heteroatoms. The highest BCUT2D eigenvalue weighted by atomic mass is 16.5. The van der Waals surface area contributed by atoms with Crippen molar-refractivity contribution in [3.05, 3.63) is 58.8 Å². The number of pyridine rings is 1. The number of nitrogens with two attached hydrogens (primary N) is 1. The van der Waals surface area contributed by atoms with Crippen LogP contribution in [0.15, 0.2) is 53.3 Å². The maximum absolute atomic E-state index is 12.8. The molecule has 0 atom stereocenters. The molecule has 0 aliphatic carbocycles. The first kappa shape index (κ1) is 20.6. The van der Waals surface area contributed by atoms with Gasteiger partial charge < -0.3 is 19.9 Å². The van der Waals surface area contributed by atoms with E-state index in [-0.39, 0.29) is 36.3 Å². The van der Waals surface area contributed by atoms with Gasteiger partial charge in [-0.25, -0.2) is 0 Å². The molecule has 3 aromatic rings. The molecule has 0 radical (unpaired) electrons. The van der Waals surface area contributed by atoms with Crippen LogP contribution in [0.3, 0.4) is 0 Å². The Bertz CT molecular complexity index is 1160. The Morgan fingerprint density at radius 2 is 1.48 bits per heavy atom. The van der Waals surface area contributed by atoms with Gasteiger partial charge in [-0.2, -0.15) is 0 Å². The van der Waals surface area contributed by atoms with Crippen LogP contribution >= 0.6 is 0 Å². The SMILES string of the molecule is NC(=O)C1CCN(C(=O)COC(=O)Cn2c3ccccc3c(=O)c3ccccc32)CC1. The number of piperidine rings is 1. The van der Waals surface area contributed by atoms with Crippen molar-refractivity contribution in [2.45, 2.75) is 19.4 Å². The molecule has 2 amide bonds. The molecule has 1 aliphatic heterocycles. The number of esters is 1. The monoisotopic (exact) mass is 421 g/mol. The van der Waals surface area contributed by atoms with Crippen molar-refractivity contribution in [1.82, 2.24) is 9.47 Å². The molecule has 0 unspecified atom stereocenters. The molecule has 2 heterocycles. The number of primary amides is 1. The second-order valence-electron chi connectivity index (χ2n) is 7.67. The summed E-state index contributed by atoms with van der Waals surface area (Å²) in [5.41, 5.74) is 6.48. The summed E-state index contributed by atoms with van der Waals surface area (Å²) in [5.74, 6) is -1.43. The molecule has 4 rings (SSSR count). The Hall–Kier alpha value is -3.68. The van der Waals surface area contributed by atoms with E-state index in [0.29, 0.717) is 47.7 Å². The zero-order chi connectivity index (χ0) is 22.0. The summed E-state index contributed by atoms with van der Waals surface area (Å²) in [4.78, 5) is 50.6. The van der Waals surface area contributed by atoms with Crippen LogP contribution in [0.25, 0.3) is 21.8 Å². The zero-order valence-electron chi connectivity index (χ0n) is 17.0. The molecule has 2 aromatic carbocycles. The third-order valence-electron chi connectivity index (χ3n) is 5.77. The third-order valence-corrected chi connectivity index (χ3v) is 5.77. The number of fused-ring (bicyclic) bond motifs is 2. The zero-order valence-corrected chi connectivity index (χ0v) is 17.0. The molecule has 0 spiro atoms. The second kappa shape index (κ2) is 8.59. The number of carbonyl (C=O) groups is 3. The van der Waals surface area contributed by atoms with E-state index in [9.17, 15) is 19.2 Å². The minimum absolute atomic E-state index is 0.0923. The summed E-state index contributed by atoms with van der Waals surface area (Å²) in [6.07, 6.45) is 1.04. The molecule has 1 aromatic heterocycles. The maximum atomic E-state index is 12.8. The van der Waals surface area contributed by atoms with Gasteiger partial charge in [0.15, 0.2) is 12.0 Å². The van der Waals surface area contributed by atoms with Crippen molar-refractivity contribution >= 4 is 39.6 Å². The van der Waals surface area contributed by atoms with Gasteiger partial charge >= 0.3 is 5.97 Å². The van der Waals surface area contributed by atoms with Gasteiger partial charge in [0.2, 0.25) is 5.91 Å². The lowest BCUT2D eigenvalue weighted by Crippen LogP contribution is -2.43. The van der Waals surface area contributed by atoms with Gasteiger partial charge in [-0.1, -0.05) is 24.3 Å². The van der Waals surface area contributed by atoms with Gasteiger partial charge in [0.1, 0.15) is 6.54 Å². The quantitative estimate of drug-likeness (QED) is 0.495.